The average molecular weight is 275 g/mol. The zero-order valence-electron chi connectivity index (χ0n) is 11.4. The van der Waals surface area contributed by atoms with E-state index in [0.717, 1.165) is 18.1 Å². The lowest BCUT2D eigenvalue weighted by atomic mass is 10.2. The topological polar surface area (TPSA) is 37.0 Å². The number of nitrogens with one attached hydrogen (secondary N) is 2. The van der Waals surface area contributed by atoms with Crippen LogP contribution in [0.15, 0.2) is 36.5 Å². The monoisotopic (exact) mass is 275 g/mol. The van der Waals surface area contributed by atoms with Crippen molar-refractivity contribution in [1.29, 1.82) is 0 Å². The normalized spacial score (nSPS) is 10.6. The van der Waals surface area contributed by atoms with E-state index in [-0.39, 0.29) is 0 Å². The number of unbranched alkanes of at least 4 members (excludes halogenated alkanes) is 2. The van der Waals surface area contributed by atoms with E-state index in [9.17, 15) is 0 Å². The third-order valence-electron chi connectivity index (χ3n) is 2.91. The first kappa shape index (κ1) is 14.0. The largest absolute Gasteiger partial charge is 0.297 e. The highest BCUT2D eigenvalue weighted by Crippen LogP contribution is 2.19. The molecule has 3 nitrogen and oxygen atoms in total. The van der Waals surface area contributed by atoms with Crippen molar-refractivity contribution < 1.29 is 0 Å². The molecule has 4 heteroatoms. The van der Waals surface area contributed by atoms with Gasteiger partial charge in [0.25, 0.3) is 0 Å². The first-order valence-electron chi connectivity index (χ1n) is 6.86. The second kappa shape index (κ2) is 7.92. The summed E-state index contributed by atoms with van der Waals surface area (Å²) in [4.78, 5) is 5.73. The van der Waals surface area contributed by atoms with Gasteiger partial charge in [0.15, 0.2) is 5.13 Å². The summed E-state index contributed by atoms with van der Waals surface area (Å²) in [5.74, 6) is 0. The molecule has 0 saturated heterocycles. The van der Waals surface area contributed by atoms with Gasteiger partial charge in [0.05, 0.1) is 0 Å². The highest BCUT2D eigenvalue weighted by molar-refractivity contribution is 7.15. The lowest BCUT2D eigenvalue weighted by Crippen LogP contribution is -2.20. The van der Waals surface area contributed by atoms with E-state index in [1.807, 2.05) is 24.4 Å². The molecule has 0 atom stereocenters. The molecule has 0 amide bonds. The molecule has 1 heterocycles. The fourth-order valence-corrected chi connectivity index (χ4v) is 2.68. The van der Waals surface area contributed by atoms with Crippen molar-refractivity contribution in [2.24, 2.45) is 0 Å². The summed E-state index contributed by atoms with van der Waals surface area (Å²) in [6.45, 7) is 3.03. The number of hydrazine groups is 1. The van der Waals surface area contributed by atoms with Crippen molar-refractivity contribution >= 4 is 16.5 Å². The van der Waals surface area contributed by atoms with E-state index in [1.54, 1.807) is 11.3 Å². The number of hydrogen-bond acceptors (Lipinski definition) is 4. The first-order chi connectivity index (χ1) is 9.38. The predicted molar refractivity (Wildman–Crippen MR) is 82.2 cm³/mol. The SMILES string of the molecule is CCCCCc1cnc(NNCc2ccccc2)s1. The highest BCUT2D eigenvalue weighted by Gasteiger charge is 2.01. The Labute approximate surface area is 119 Å². The van der Waals surface area contributed by atoms with Gasteiger partial charge in [0.2, 0.25) is 0 Å². The summed E-state index contributed by atoms with van der Waals surface area (Å²) in [7, 11) is 0. The quantitative estimate of drug-likeness (QED) is 0.565. The molecule has 2 rings (SSSR count). The average Bonchev–Trinajstić information content (AvgIpc) is 2.88. The van der Waals surface area contributed by atoms with Crippen LogP contribution in [-0.4, -0.2) is 4.98 Å². The maximum absolute atomic E-state index is 4.37. The third kappa shape index (κ3) is 5.01. The summed E-state index contributed by atoms with van der Waals surface area (Å²) >= 11 is 1.73. The summed E-state index contributed by atoms with van der Waals surface area (Å²) in [5.41, 5.74) is 7.62. The van der Waals surface area contributed by atoms with Crippen molar-refractivity contribution in [3.63, 3.8) is 0 Å². The zero-order chi connectivity index (χ0) is 13.3. The summed E-state index contributed by atoms with van der Waals surface area (Å²) in [6.07, 6.45) is 6.95. The molecule has 0 aliphatic rings. The van der Waals surface area contributed by atoms with Crippen LogP contribution in [0.2, 0.25) is 0 Å². The van der Waals surface area contributed by atoms with Gasteiger partial charge in [-0.05, 0) is 18.4 Å². The van der Waals surface area contributed by atoms with Crippen LogP contribution < -0.4 is 10.9 Å². The van der Waals surface area contributed by atoms with Gasteiger partial charge in [-0.2, -0.15) is 0 Å². The predicted octanol–water partition coefficient (Wildman–Crippen LogP) is 3.99. The van der Waals surface area contributed by atoms with Crippen molar-refractivity contribution in [1.82, 2.24) is 10.4 Å². The van der Waals surface area contributed by atoms with E-state index in [4.69, 9.17) is 0 Å². The van der Waals surface area contributed by atoms with Crippen LogP contribution in [0.3, 0.4) is 0 Å². The molecule has 1 aromatic heterocycles. The van der Waals surface area contributed by atoms with Crippen LogP contribution in [0.4, 0.5) is 5.13 Å². The Morgan fingerprint density at radius 1 is 1.16 bits per heavy atom. The number of hydrogen-bond donors (Lipinski definition) is 2. The lowest BCUT2D eigenvalue weighted by molar-refractivity contribution is 0.722. The van der Waals surface area contributed by atoms with Crippen LogP contribution in [0, 0.1) is 0 Å². The standard InChI is InChI=1S/C15H21N3S/c1-2-3-5-10-14-12-16-15(19-14)18-17-11-13-8-6-4-7-9-13/h4,6-9,12,17H,2-3,5,10-11H2,1H3,(H,16,18). The van der Waals surface area contributed by atoms with Gasteiger partial charge in [-0.15, -0.1) is 11.3 Å². The Morgan fingerprint density at radius 3 is 2.79 bits per heavy atom. The Balaban J connectivity index is 1.71. The molecule has 2 N–H and O–H groups in total. The zero-order valence-corrected chi connectivity index (χ0v) is 12.2. The number of benzene rings is 1. The molecular formula is C15H21N3S. The van der Waals surface area contributed by atoms with Gasteiger partial charge in [-0.1, -0.05) is 50.1 Å². The van der Waals surface area contributed by atoms with E-state index in [1.165, 1.54) is 29.7 Å². The van der Waals surface area contributed by atoms with Crippen LogP contribution in [-0.2, 0) is 13.0 Å². The van der Waals surface area contributed by atoms with Gasteiger partial charge in [-0.3, -0.25) is 5.43 Å². The fourth-order valence-electron chi connectivity index (χ4n) is 1.85. The minimum atomic E-state index is 0.797. The molecule has 0 spiro atoms. The second-order valence-corrected chi connectivity index (χ2v) is 5.67. The molecule has 0 radical (unpaired) electrons. The number of anilines is 1. The molecule has 2 aromatic rings. The summed E-state index contributed by atoms with van der Waals surface area (Å²) in [5, 5.41) is 0.947. The number of aryl methyl sites for hydroxylation is 1. The fraction of sp³-hybridized carbons (Fsp3) is 0.400. The Bertz CT molecular complexity index is 467. The number of thiazole rings is 1. The van der Waals surface area contributed by atoms with Crippen LogP contribution in [0.1, 0.15) is 36.6 Å². The van der Waals surface area contributed by atoms with Crippen LogP contribution in [0.5, 0.6) is 0 Å². The Kier molecular flexibility index (Phi) is 5.85. The molecule has 0 aliphatic heterocycles. The Morgan fingerprint density at radius 2 is 2.00 bits per heavy atom. The molecule has 0 aliphatic carbocycles. The number of aromatic nitrogens is 1. The molecule has 102 valence electrons. The van der Waals surface area contributed by atoms with E-state index < -0.39 is 0 Å². The van der Waals surface area contributed by atoms with Crippen molar-refractivity contribution in [3.8, 4) is 0 Å². The minimum Gasteiger partial charge on any atom is -0.297 e. The van der Waals surface area contributed by atoms with Crippen molar-refractivity contribution in [3.05, 3.63) is 47.0 Å². The van der Waals surface area contributed by atoms with E-state index in [2.05, 4.69) is 34.9 Å². The summed E-state index contributed by atoms with van der Waals surface area (Å²) < 4.78 is 0. The minimum absolute atomic E-state index is 0.797. The molecule has 1 aromatic carbocycles. The molecular weight excluding hydrogens is 254 g/mol. The highest BCUT2D eigenvalue weighted by atomic mass is 32.1. The number of rotatable bonds is 8. The van der Waals surface area contributed by atoms with E-state index >= 15 is 0 Å². The molecule has 0 fully saturated rings. The van der Waals surface area contributed by atoms with Gasteiger partial charge >= 0.3 is 0 Å². The van der Waals surface area contributed by atoms with Gasteiger partial charge in [0.1, 0.15) is 0 Å². The van der Waals surface area contributed by atoms with Crippen molar-refractivity contribution in [2.45, 2.75) is 39.2 Å². The second-order valence-electron chi connectivity index (χ2n) is 4.55. The number of nitrogens with zero attached hydrogens (tertiary/aromatic N) is 1. The maximum atomic E-state index is 4.37. The van der Waals surface area contributed by atoms with E-state index in [0.29, 0.717) is 0 Å². The maximum Gasteiger partial charge on any atom is 0.197 e. The smallest absolute Gasteiger partial charge is 0.197 e. The first-order valence-corrected chi connectivity index (χ1v) is 7.67. The van der Waals surface area contributed by atoms with Crippen molar-refractivity contribution in [2.75, 3.05) is 5.43 Å². The van der Waals surface area contributed by atoms with Gasteiger partial charge in [-0.25, -0.2) is 10.4 Å². The van der Waals surface area contributed by atoms with Crippen LogP contribution in [0.25, 0.3) is 0 Å². The van der Waals surface area contributed by atoms with Gasteiger partial charge < -0.3 is 0 Å². The lowest BCUT2D eigenvalue weighted by Gasteiger charge is -2.04. The summed E-state index contributed by atoms with van der Waals surface area (Å²) in [6, 6.07) is 10.3. The molecule has 0 saturated carbocycles. The van der Waals surface area contributed by atoms with Crippen LogP contribution >= 0.6 is 11.3 Å². The molecule has 19 heavy (non-hydrogen) atoms. The van der Waals surface area contributed by atoms with Gasteiger partial charge in [0, 0.05) is 17.6 Å². The molecule has 0 unspecified atom stereocenters. The molecule has 0 bridgehead atoms. The third-order valence-corrected chi connectivity index (χ3v) is 3.88. The Hall–Kier alpha value is -1.39.